The molecule has 0 amide bonds. The molecular formula is C49H33NO. The highest BCUT2D eigenvalue weighted by atomic mass is 16.3. The molecule has 0 radical (unpaired) electrons. The van der Waals surface area contributed by atoms with Crippen LogP contribution in [0.3, 0.4) is 0 Å². The number of para-hydroxylation sites is 2. The van der Waals surface area contributed by atoms with Crippen molar-refractivity contribution in [2.75, 3.05) is 11.4 Å². The molecule has 0 unspecified atom stereocenters. The van der Waals surface area contributed by atoms with Crippen LogP contribution in [0.15, 0.2) is 180 Å². The van der Waals surface area contributed by atoms with Crippen molar-refractivity contribution >= 4 is 33.3 Å². The maximum Gasteiger partial charge on any atom is 0.159 e. The first kappa shape index (κ1) is 28.5. The maximum absolute atomic E-state index is 6.81. The number of fused-ring (bicyclic) bond motifs is 15. The molecule has 0 saturated carbocycles. The normalized spacial score (nSPS) is 16.1. The van der Waals surface area contributed by atoms with Crippen molar-refractivity contribution < 1.29 is 4.42 Å². The molecular weight excluding hydrogens is 619 g/mol. The quantitative estimate of drug-likeness (QED) is 0.185. The van der Waals surface area contributed by atoms with Crippen LogP contribution in [0.25, 0.3) is 55.3 Å². The van der Waals surface area contributed by atoms with Crippen LogP contribution in [0.1, 0.15) is 27.8 Å². The first-order valence-electron chi connectivity index (χ1n) is 17.9. The van der Waals surface area contributed by atoms with Crippen molar-refractivity contribution in [2.45, 2.75) is 11.8 Å². The number of hydrogen-bond acceptors (Lipinski definition) is 2. The number of hydrogen-bond donors (Lipinski definition) is 0. The Labute approximate surface area is 297 Å². The Balaban J connectivity index is 1.24. The van der Waals surface area contributed by atoms with Crippen LogP contribution in [0.5, 0.6) is 0 Å². The lowest BCUT2D eigenvalue weighted by Crippen LogP contribution is -2.25. The van der Waals surface area contributed by atoms with Gasteiger partial charge in [0.15, 0.2) is 5.58 Å². The second kappa shape index (κ2) is 10.8. The molecule has 1 spiro atoms. The van der Waals surface area contributed by atoms with E-state index in [1.165, 1.54) is 61.2 Å². The van der Waals surface area contributed by atoms with E-state index in [2.05, 4.69) is 181 Å². The van der Waals surface area contributed by atoms with Gasteiger partial charge in [-0.2, -0.15) is 0 Å². The lowest BCUT2D eigenvalue weighted by Gasteiger charge is -2.31. The molecule has 2 aliphatic carbocycles. The average Bonchev–Trinajstić information content (AvgIpc) is 3.84. The van der Waals surface area contributed by atoms with E-state index in [1.54, 1.807) is 0 Å². The summed E-state index contributed by atoms with van der Waals surface area (Å²) in [4.78, 5) is 2.43. The second-order valence-electron chi connectivity index (χ2n) is 13.9. The fraction of sp³-hybridized carbons (Fsp3) is 0.0612. The Morgan fingerprint density at radius 2 is 1.10 bits per heavy atom. The number of allylic oxidation sites excluding steroid dienone is 3. The van der Waals surface area contributed by atoms with Crippen LogP contribution in [0.2, 0.25) is 0 Å². The summed E-state index contributed by atoms with van der Waals surface area (Å²) < 4.78 is 6.81. The van der Waals surface area contributed by atoms with Crippen molar-refractivity contribution in [1.82, 2.24) is 0 Å². The van der Waals surface area contributed by atoms with Gasteiger partial charge >= 0.3 is 0 Å². The first-order chi connectivity index (χ1) is 25.3. The van der Waals surface area contributed by atoms with Gasteiger partial charge in [-0.05, 0) is 98.0 Å². The highest BCUT2D eigenvalue weighted by Crippen LogP contribution is 2.63. The summed E-state index contributed by atoms with van der Waals surface area (Å²) >= 11 is 0. The minimum Gasteiger partial charge on any atom is -0.454 e. The van der Waals surface area contributed by atoms with Crippen molar-refractivity contribution in [3.05, 3.63) is 204 Å². The second-order valence-corrected chi connectivity index (χ2v) is 13.9. The van der Waals surface area contributed by atoms with Crippen LogP contribution in [-0.2, 0) is 11.8 Å². The predicted octanol–water partition coefficient (Wildman–Crippen LogP) is 12.4. The fourth-order valence-electron chi connectivity index (χ4n) is 9.34. The minimum atomic E-state index is -0.395. The third kappa shape index (κ3) is 3.88. The molecule has 0 atom stereocenters. The fourth-order valence-corrected chi connectivity index (χ4v) is 9.34. The number of rotatable bonds is 2. The monoisotopic (exact) mass is 651 g/mol. The van der Waals surface area contributed by atoms with E-state index in [9.17, 15) is 0 Å². The zero-order valence-electron chi connectivity index (χ0n) is 28.0. The lowest BCUT2D eigenvalue weighted by atomic mass is 9.70. The summed E-state index contributed by atoms with van der Waals surface area (Å²) in [5, 5.41) is 2.28. The number of nitrogens with zero attached hydrogens (tertiary/aromatic N) is 1. The Kier molecular flexibility index (Phi) is 6.03. The molecule has 8 aromatic rings. The van der Waals surface area contributed by atoms with E-state index in [0.29, 0.717) is 0 Å². The summed E-state index contributed by atoms with van der Waals surface area (Å²) in [6.45, 7) is 0.729. The van der Waals surface area contributed by atoms with E-state index in [4.69, 9.17) is 4.42 Å². The van der Waals surface area contributed by atoms with Crippen molar-refractivity contribution in [2.24, 2.45) is 0 Å². The summed E-state index contributed by atoms with van der Waals surface area (Å²) in [6, 6.07) is 56.0. The summed E-state index contributed by atoms with van der Waals surface area (Å²) in [5.41, 5.74) is 18.2. The van der Waals surface area contributed by atoms with Gasteiger partial charge in [-0.1, -0.05) is 146 Å². The lowest BCUT2D eigenvalue weighted by molar-refractivity contribution is 0.667. The minimum absolute atomic E-state index is 0.395. The van der Waals surface area contributed by atoms with Gasteiger partial charge in [0.05, 0.1) is 11.1 Å². The molecule has 240 valence electrons. The van der Waals surface area contributed by atoms with E-state index >= 15 is 0 Å². The summed E-state index contributed by atoms with van der Waals surface area (Å²) in [5.74, 6) is 0. The van der Waals surface area contributed by atoms with Crippen LogP contribution in [-0.4, -0.2) is 6.54 Å². The first-order valence-corrected chi connectivity index (χ1v) is 17.9. The topological polar surface area (TPSA) is 16.4 Å². The van der Waals surface area contributed by atoms with Crippen LogP contribution >= 0.6 is 0 Å². The molecule has 0 N–H and O–H groups in total. The van der Waals surface area contributed by atoms with Gasteiger partial charge in [0, 0.05) is 23.0 Å². The molecule has 0 fully saturated rings. The van der Waals surface area contributed by atoms with Crippen molar-refractivity contribution in [3.63, 3.8) is 0 Å². The third-order valence-corrected chi connectivity index (χ3v) is 11.4. The molecule has 1 aromatic heterocycles. The molecule has 7 aromatic carbocycles. The van der Waals surface area contributed by atoms with Crippen LogP contribution in [0.4, 0.5) is 11.4 Å². The summed E-state index contributed by atoms with van der Waals surface area (Å²) in [7, 11) is 0. The zero-order chi connectivity index (χ0) is 33.5. The Morgan fingerprint density at radius 1 is 0.490 bits per heavy atom. The highest BCUT2D eigenvalue weighted by Gasteiger charge is 2.51. The van der Waals surface area contributed by atoms with Gasteiger partial charge in [-0.25, -0.2) is 0 Å². The van der Waals surface area contributed by atoms with E-state index in [-0.39, 0.29) is 0 Å². The van der Waals surface area contributed by atoms with Gasteiger partial charge in [0.1, 0.15) is 5.58 Å². The third-order valence-electron chi connectivity index (χ3n) is 11.4. The van der Waals surface area contributed by atoms with Crippen LogP contribution < -0.4 is 4.90 Å². The molecule has 2 nitrogen and oxygen atoms in total. The number of benzene rings is 7. The maximum atomic E-state index is 6.81. The zero-order valence-corrected chi connectivity index (χ0v) is 28.0. The Hall–Kier alpha value is -6.38. The summed E-state index contributed by atoms with van der Waals surface area (Å²) in [6.07, 6.45) is 9.66. The molecule has 3 aliphatic rings. The van der Waals surface area contributed by atoms with Crippen molar-refractivity contribution in [3.8, 4) is 33.4 Å². The van der Waals surface area contributed by atoms with E-state index in [0.717, 1.165) is 46.3 Å². The predicted molar refractivity (Wildman–Crippen MR) is 211 cm³/mol. The van der Waals surface area contributed by atoms with Gasteiger partial charge in [0.2, 0.25) is 0 Å². The smallest absolute Gasteiger partial charge is 0.159 e. The molecule has 2 heteroatoms. The number of anilines is 2. The molecule has 0 bridgehead atoms. The standard InChI is InChI=1S/C49H33NO/c1-2-15-29-50(33-16-4-3-5-17-33)47-39(22-6-1)40(31-41-38-21-10-14-26-46(38)51-48(41)47)32-27-28-37-36-20-9-13-25-44(36)49(45(37)30-32)42-23-11-7-18-34(42)35-19-8-12-24-43(35)49/h1-21,23-28,30-31H,22,29H2/b6-1-,15-2-. The highest BCUT2D eigenvalue weighted by molar-refractivity contribution is 6.12. The van der Waals surface area contributed by atoms with Gasteiger partial charge in [-0.15, -0.1) is 0 Å². The molecule has 1 aliphatic heterocycles. The molecule has 51 heavy (non-hydrogen) atoms. The van der Waals surface area contributed by atoms with E-state index < -0.39 is 5.41 Å². The SMILES string of the molecule is C1=C\Cc2c(-c3ccc4c(c3)C3(c5ccccc5-c5ccccc53)c3ccccc3-4)cc3c(oc4ccccc43)c2N(c2ccccc2)C\C=C/1. The Morgan fingerprint density at radius 3 is 1.82 bits per heavy atom. The molecule has 0 saturated heterocycles. The Bertz CT molecular complexity index is 2700. The molecule has 11 rings (SSSR count). The van der Waals surface area contributed by atoms with E-state index in [1.807, 2.05) is 0 Å². The van der Waals surface area contributed by atoms with Gasteiger partial charge in [-0.3, -0.25) is 0 Å². The van der Waals surface area contributed by atoms with Gasteiger partial charge in [0.25, 0.3) is 0 Å². The van der Waals surface area contributed by atoms with Crippen molar-refractivity contribution in [1.29, 1.82) is 0 Å². The largest absolute Gasteiger partial charge is 0.454 e. The average molecular weight is 652 g/mol. The number of furan rings is 1. The molecule has 2 heterocycles. The van der Waals surface area contributed by atoms with Gasteiger partial charge < -0.3 is 9.32 Å². The van der Waals surface area contributed by atoms with Crippen LogP contribution in [0, 0.1) is 0 Å².